The Bertz CT molecular complexity index is 197. The topological polar surface area (TPSA) is 81.4 Å². The van der Waals surface area contributed by atoms with Gasteiger partial charge in [0.05, 0.1) is 6.61 Å². The highest BCUT2D eigenvalue weighted by Gasteiger charge is 2.12. The van der Waals surface area contributed by atoms with Gasteiger partial charge < -0.3 is 4.74 Å². The predicted molar refractivity (Wildman–Crippen MR) is 46.8 cm³/mol. The molecule has 0 aliphatic heterocycles. The SMILES string of the molecule is CCCC(COC)NS(N)(=O)=O. The molecule has 6 heteroatoms. The number of ether oxygens (including phenoxy) is 1. The Morgan fingerprint density at radius 2 is 2.17 bits per heavy atom. The number of hydrogen-bond donors (Lipinski definition) is 2. The summed E-state index contributed by atoms with van der Waals surface area (Å²) in [7, 11) is -2.08. The third kappa shape index (κ3) is 6.53. The molecule has 0 heterocycles. The first-order valence-corrected chi connectivity index (χ1v) is 5.33. The maximum Gasteiger partial charge on any atom is 0.274 e. The van der Waals surface area contributed by atoms with Crippen LogP contribution >= 0.6 is 0 Å². The highest BCUT2D eigenvalue weighted by atomic mass is 32.2. The van der Waals surface area contributed by atoms with Gasteiger partial charge >= 0.3 is 0 Å². The monoisotopic (exact) mass is 196 g/mol. The molecule has 0 saturated heterocycles. The lowest BCUT2D eigenvalue weighted by Crippen LogP contribution is -2.41. The summed E-state index contributed by atoms with van der Waals surface area (Å²) in [5, 5.41) is 4.80. The molecule has 0 aromatic rings. The minimum atomic E-state index is -3.60. The summed E-state index contributed by atoms with van der Waals surface area (Å²) < 4.78 is 28.3. The van der Waals surface area contributed by atoms with E-state index in [1.807, 2.05) is 6.92 Å². The molecule has 0 aromatic carbocycles. The van der Waals surface area contributed by atoms with Crippen LogP contribution in [0, 0.1) is 0 Å². The Morgan fingerprint density at radius 3 is 2.50 bits per heavy atom. The highest BCUT2D eigenvalue weighted by Crippen LogP contribution is 1.97. The number of rotatable bonds is 6. The molecule has 0 amide bonds. The van der Waals surface area contributed by atoms with E-state index in [2.05, 4.69) is 4.72 Å². The highest BCUT2D eigenvalue weighted by molar-refractivity contribution is 7.87. The molecular weight excluding hydrogens is 180 g/mol. The molecule has 0 aliphatic rings. The molecule has 1 unspecified atom stereocenters. The van der Waals surface area contributed by atoms with Gasteiger partial charge in [-0.2, -0.15) is 13.1 Å². The van der Waals surface area contributed by atoms with Crippen LogP contribution in [0.1, 0.15) is 19.8 Å². The van der Waals surface area contributed by atoms with E-state index in [0.29, 0.717) is 6.61 Å². The van der Waals surface area contributed by atoms with E-state index in [-0.39, 0.29) is 6.04 Å². The molecule has 74 valence electrons. The van der Waals surface area contributed by atoms with Crippen LogP contribution in [0.3, 0.4) is 0 Å². The zero-order valence-corrected chi connectivity index (χ0v) is 8.23. The molecule has 3 N–H and O–H groups in total. The second kappa shape index (κ2) is 5.47. The maximum absolute atomic E-state index is 10.6. The van der Waals surface area contributed by atoms with Crippen molar-refractivity contribution in [3.8, 4) is 0 Å². The molecule has 0 radical (unpaired) electrons. The van der Waals surface area contributed by atoms with Gasteiger partial charge in [0.25, 0.3) is 10.2 Å². The quantitative estimate of drug-likeness (QED) is 0.606. The average Bonchev–Trinajstić information content (AvgIpc) is 1.84. The van der Waals surface area contributed by atoms with E-state index in [9.17, 15) is 8.42 Å². The van der Waals surface area contributed by atoms with Crippen LogP contribution in [0.2, 0.25) is 0 Å². The number of hydrogen-bond acceptors (Lipinski definition) is 3. The minimum Gasteiger partial charge on any atom is -0.383 e. The Labute approximate surface area is 73.5 Å². The fourth-order valence-corrected chi connectivity index (χ4v) is 1.61. The summed E-state index contributed by atoms with van der Waals surface area (Å²) in [6, 6.07) is -0.213. The molecule has 0 spiro atoms. The van der Waals surface area contributed by atoms with E-state index >= 15 is 0 Å². The molecule has 12 heavy (non-hydrogen) atoms. The van der Waals surface area contributed by atoms with Gasteiger partial charge in [-0.1, -0.05) is 13.3 Å². The first-order valence-electron chi connectivity index (χ1n) is 3.78. The van der Waals surface area contributed by atoms with Crippen molar-refractivity contribution in [2.75, 3.05) is 13.7 Å². The van der Waals surface area contributed by atoms with Crippen LogP contribution in [0.25, 0.3) is 0 Å². The van der Waals surface area contributed by atoms with E-state index in [4.69, 9.17) is 9.88 Å². The molecular formula is C6H16N2O3S. The fourth-order valence-electron chi connectivity index (χ4n) is 0.958. The van der Waals surface area contributed by atoms with Gasteiger partial charge in [0.15, 0.2) is 0 Å². The lowest BCUT2D eigenvalue weighted by atomic mass is 10.2. The summed E-state index contributed by atoms with van der Waals surface area (Å²) in [4.78, 5) is 0. The van der Waals surface area contributed by atoms with Crippen LogP contribution in [0.15, 0.2) is 0 Å². The zero-order valence-electron chi connectivity index (χ0n) is 7.41. The average molecular weight is 196 g/mol. The lowest BCUT2D eigenvalue weighted by Gasteiger charge is -2.14. The summed E-state index contributed by atoms with van der Waals surface area (Å²) >= 11 is 0. The second-order valence-corrected chi connectivity index (χ2v) is 3.93. The Balaban J connectivity index is 3.95. The molecule has 0 rings (SSSR count). The molecule has 0 aromatic heterocycles. The molecule has 0 saturated carbocycles. The Kier molecular flexibility index (Phi) is 5.39. The van der Waals surface area contributed by atoms with Crippen molar-refractivity contribution in [3.05, 3.63) is 0 Å². The van der Waals surface area contributed by atoms with Gasteiger partial charge in [0.1, 0.15) is 0 Å². The normalized spacial score (nSPS) is 14.6. The van der Waals surface area contributed by atoms with E-state index in [1.54, 1.807) is 0 Å². The van der Waals surface area contributed by atoms with Crippen LogP contribution in [-0.2, 0) is 14.9 Å². The third-order valence-corrected chi connectivity index (χ3v) is 2.00. The van der Waals surface area contributed by atoms with Gasteiger partial charge in [-0.05, 0) is 6.42 Å². The summed E-state index contributed by atoms with van der Waals surface area (Å²) in [6.45, 7) is 2.32. The van der Waals surface area contributed by atoms with Gasteiger partial charge in [-0.25, -0.2) is 5.14 Å². The first kappa shape index (κ1) is 11.8. The van der Waals surface area contributed by atoms with Gasteiger partial charge in [-0.15, -0.1) is 0 Å². The molecule has 1 atom stereocenters. The summed E-state index contributed by atoms with van der Waals surface area (Å²) in [6.07, 6.45) is 1.61. The summed E-state index contributed by atoms with van der Waals surface area (Å²) in [5.41, 5.74) is 0. The van der Waals surface area contributed by atoms with Gasteiger partial charge in [0.2, 0.25) is 0 Å². The minimum absolute atomic E-state index is 0.213. The first-order chi connectivity index (χ1) is 5.49. The van der Waals surface area contributed by atoms with E-state index in [1.165, 1.54) is 7.11 Å². The smallest absolute Gasteiger partial charge is 0.274 e. The molecule has 0 bridgehead atoms. The number of methoxy groups -OCH3 is 1. The van der Waals surface area contributed by atoms with E-state index in [0.717, 1.165) is 12.8 Å². The van der Waals surface area contributed by atoms with Gasteiger partial charge in [0, 0.05) is 13.2 Å². The molecule has 0 fully saturated rings. The van der Waals surface area contributed by atoms with Crippen LogP contribution < -0.4 is 9.86 Å². The van der Waals surface area contributed by atoms with Crippen LogP contribution in [0.4, 0.5) is 0 Å². The van der Waals surface area contributed by atoms with Crippen molar-refractivity contribution in [2.45, 2.75) is 25.8 Å². The van der Waals surface area contributed by atoms with E-state index < -0.39 is 10.2 Å². The lowest BCUT2D eigenvalue weighted by molar-refractivity contribution is 0.171. The fraction of sp³-hybridized carbons (Fsp3) is 1.00. The van der Waals surface area contributed by atoms with Crippen molar-refractivity contribution >= 4 is 10.2 Å². The third-order valence-electron chi connectivity index (χ3n) is 1.34. The summed E-state index contributed by atoms with van der Waals surface area (Å²) in [5.74, 6) is 0. The Hall–Kier alpha value is -0.170. The van der Waals surface area contributed by atoms with Crippen molar-refractivity contribution in [3.63, 3.8) is 0 Å². The molecule has 0 aliphatic carbocycles. The number of nitrogens with two attached hydrogens (primary N) is 1. The second-order valence-electron chi connectivity index (χ2n) is 2.60. The molecule has 5 nitrogen and oxygen atoms in total. The maximum atomic E-state index is 10.6. The van der Waals surface area contributed by atoms with Crippen LogP contribution in [0.5, 0.6) is 0 Å². The van der Waals surface area contributed by atoms with Gasteiger partial charge in [-0.3, -0.25) is 0 Å². The van der Waals surface area contributed by atoms with Crippen molar-refractivity contribution < 1.29 is 13.2 Å². The largest absolute Gasteiger partial charge is 0.383 e. The van der Waals surface area contributed by atoms with Crippen LogP contribution in [-0.4, -0.2) is 28.2 Å². The van der Waals surface area contributed by atoms with Crippen molar-refractivity contribution in [2.24, 2.45) is 5.14 Å². The van der Waals surface area contributed by atoms with Crippen molar-refractivity contribution in [1.29, 1.82) is 0 Å². The predicted octanol–water partition coefficient (Wildman–Crippen LogP) is -0.405. The van der Waals surface area contributed by atoms with Crippen molar-refractivity contribution in [1.82, 2.24) is 4.72 Å². The standard InChI is InChI=1S/C6H16N2O3S/c1-3-4-6(5-11-2)8-12(7,9)10/h6,8H,3-5H2,1-2H3,(H2,7,9,10). The number of nitrogens with one attached hydrogen (secondary N) is 1. The zero-order chi connectivity index (χ0) is 9.61. The Morgan fingerprint density at radius 1 is 1.58 bits per heavy atom.